The maximum Gasteiger partial charge on any atom is 0.238 e. The first-order valence-corrected chi connectivity index (χ1v) is 19.3. The second kappa shape index (κ2) is 11.7. The first-order chi connectivity index (χ1) is 28.7. The lowest BCUT2D eigenvalue weighted by atomic mass is 10.0. The van der Waals surface area contributed by atoms with Crippen molar-refractivity contribution in [1.29, 1.82) is 0 Å². The first kappa shape index (κ1) is 31.2. The monoisotopic (exact) mass is 744 g/mol. The van der Waals surface area contributed by atoms with Crippen LogP contribution in [-0.2, 0) is 0 Å². The molecule has 0 saturated heterocycles. The van der Waals surface area contributed by atoms with Crippen LogP contribution in [0.1, 0.15) is 0 Å². The minimum absolute atomic E-state index is 0.492. The van der Waals surface area contributed by atoms with E-state index in [-0.39, 0.29) is 0 Å². The zero-order chi connectivity index (χ0) is 37.9. The van der Waals surface area contributed by atoms with Crippen LogP contribution in [0, 0.1) is 0 Å². The molecule has 0 spiro atoms. The molecule has 7 nitrogen and oxygen atoms in total. The van der Waals surface area contributed by atoms with E-state index in [0.29, 0.717) is 17.6 Å². The average molecular weight is 745 g/mol. The molecule has 0 amide bonds. The van der Waals surface area contributed by atoms with Crippen molar-refractivity contribution in [2.45, 2.75) is 0 Å². The molecule has 7 heteroatoms. The topological polar surface area (TPSA) is 83.0 Å². The largest absolute Gasteiger partial charge is 0.456 e. The number of nitrogens with zero attached hydrogens (tertiary/aromatic N) is 4. The zero-order valence-electron chi connectivity index (χ0n) is 30.7. The van der Waals surface area contributed by atoms with E-state index in [2.05, 4.69) is 102 Å². The molecule has 0 aliphatic carbocycles. The van der Waals surface area contributed by atoms with Gasteiger partial charge in [0.1, 0.15) is 33.5 Å². The van der Waals surface area contributed by atoms with Gasteiger partial charge in [0.2, 0.25) is 5.95 Å². The number of hydrogen-bond donors (Lipinski definition) is 0. The smallest absolute Gasteiger partial charge is 0.238 e. The SMILES string of the molecule is c1ccc2c(c1)oc1ccc(-c3ccc4c(c3)c3ccccc3n4-c3nc(-c4cccc5c4oc4ccccc45)nc(-c4cccc5c4oc4ccccc45)n3)cc12. The van der Waals surface area contributed by atoms with Gasteiger partial charge >= 0.3 is 0 Å². The zero-order valence-corrected chi connectivity index (χ0v) is 30.7. The Bertz CT molecular complexity index is 3700. The molecular weight excluding hydrogens is 717 g/mol. The van der Waals surface area contributed by atoms with Crippen molar-refractivity contribution in [3.8, 4) is 39.9 Å². The van der Waals surface area contributed by atoms with E-state index in [4.69, 9.17) is 28.2 Å². The lowest BCUT2D eigenvalue weighted by molar-refractivity contribution is 0.668. The lowest BCUT2D eigenvalue weighted by Gasteiger charge is -2.11. The van der Waals surface area contributed by atoms with Crippen molar-refractivity contribution >= 4 is 87.6 Å². The normalized spacial score (nSPS) is 12.1. The molecule has 0 radical (unpaired) electrons. The minimum Gasteiger partial charge on any atom is -0.456 e. The Morgan fingerprint density at radius 1 is 0.328 bits per heavy atom. The molecule has 13 aromatic rings. The van der Waals surface area contributed by atoms with Crippen molar-refractivity contribution in [1.82, 2.24) is 19.5 Å². The van der Waals surface area contributed by atoms with Crippen LogP contribution < -0.4 is 0 Å². The fourth-order valence-corrected chi connectivity index (χ4v) is 8.83. The minimum atomic E-state index is 0.492. The molecule has 0 bridgehead atoms. The maximum atomic E-state index is 6.53. The number of para-hydroxylation sites is 6. The van der Waals surface area contributed by atoms with Crippen molar-refractivity contribution in [3.63, 3.8) is 0 Å². The Balaban J connectivity index is 1.07. The van der Waals surface area contributed by atoms with Gasteiger partial charge in [0.25, 0.3) is 0 Å². The van der Waals surface area contributed by atoms with Gasteiger partial charge in [-0.2, -0.15) is 9.97 Å². The number of fused-ring (bicyclic) bond motifs is 12. The first-order valence-electron chi connectivity index (χ1n) is 19.3. The van der Waals surface area contributed by atoms with E-state index < -0.39 is 0 Å². The second-order valence-electron chi connectivity index (χ2n) is 14.7. The summed E-state index contributed by atoms with van der Waals surface area (Å²) in [5, 5.41) is 8.47. The molecule has 0 fully saturated rings. The van der Waals surface area contributed by atoms with Gasteiger partial charge in [-0.15, -0.1) is 0 Å². The molecule has 58 heavy (non-hydrogen) atoms. The molecule has 270 valence electrons. The summed E-state index contributed by atoms with van der Waals surface area (Å²) in [5.74, 6) is 1.49. The highest BCUT2D eigenvalue weighted by molar-refractivity contribution is 6.13. The van der Waals surface area contributed by atoms with E-state index in [1.54, 1.807) is 0 Å². The predicted molar refractivity (Wildman–Crippen MR) is 232 cm³/mol. The number of aromatic nitrogens is 4. The number of benzene rings is 8. The molecule has 5 heterocycles. The van der Waals surface area contributed by atoms with Gasteiger partial charge in [-0.3, -0.25) is 4.57 Å². The third-order valence-electron chi connectivity index (χ3n) is 11.5. The van der Waals surface area contributed by atoms with Crippen molar-refractivity contribution in [2.75, 3.05) is 0 Å². The maximum absolute atomic E-state index is 6.53. The van der Waals surface area contributed by atoms with Gasteiger partial charge in [-0.1, -0.05) is 109 Å². The number of furan rings is 3. The van der Waals surface area contributed by atoms with Crippen molar-refractivity contribution in [3.05, 3.63) is 170 Å². The summed E-state index contributed by atoms with van der Waals surface area (Å²) < 4.78 is 21.4. The number of hydrogen-bond acceptors (Lipinski definition) is 6. The third-order valence-corrected chi connectivity index (χ3v) is 11.5. The number of rotatable bonds is 4. The summed E-state index contributed by atoms with van der Waals surface area (Å²) in [6.45, 7) is 0. The molecule has 0 aliphatic rings. The molecule has 0 atom stereocenters. The predicted octanol–water partition coefficient (Wildman–Crippen LogP) is 13.7. The summed E-state index contributed by atoms with van der Waals surface area (Å²) in [4.78, 5) is 15.8. The molecule has 0 saturated carbocycles. The third kappa shape index (κ3) is 4.46. The lowest BCUT2D eigenvalue weighted by Crippen LogP contribution is -2.06. The quantitative estimate of drug-likeness (QED) is 0.178. The standard InChI is InChI=1S/C51H28N4O3/c1-5-19-41-31(11-1)39-27-29(30-24-26-46-40(28-30)34-14-4-6-20-43(34)56-46)23-25-42(39)55(41)51-53-49(37-17-9-15-35-32-12-2-7-21-44(32)57-47(35)37)52-50(54-51)38-18-10-16-36-33-13-3-8-22-45(33)58-48(36)38/h1-28H. The Labute approximate surface area is 329 Å². The summed E-state index contributed by atoms with van der Waals surface area (Å²) >= 11 is 0. The fraction of sp³-hybridized carbons (Fsp3) is 0. The highest BCUT2D eigenvalue weighted by atomic mass is 16.3. The van der Waals surface area contributed by atoms with E-state index >= 15 is 0 Å². The van der Waals surface area contributed by atoms with E-state index in [1.807, 2.05) is 72.8 Å². The highest BCUT2D eigenvalue weighted by Crippen LogP contribution is 2.40. The van der Waals surface area contributed by atoms with Gasteiger partial charge in [-0.25, -0.2) is 4.98 Å². The summed E-state index contributed by atoms with van der Waals surface area (Å²) in [7, 11) is 0. The molecule has 0 unspecified atom stereocenters. The van der Waals surface area contributed by atoms with Crippen LogP contribution in [0.2, 0.25) is 0 Å². The second-order valence-corrected chi connectivity index (χ2v) is 14.7. The Hall–Kier alpha value is -8.03. The van der Waals surface area contributed by atoms with Crippen LogP contribution >= 0.6 is 0 Å². The van der Waals surface area contributed by atoms with Crippen LogP contribution in [-0.4, -0.2) is 19.5 Å². The summed E-state index contributed by atoms with van der Waals surface area (Å²) in [6.07, 6.45) is 0. The molecule has 5 aromatic heterocycles. The molecular formula is C51H28N4O3. The van der Waals surface area contributed by atoms with Gasteiger partial charge in [-0.05, 0) is 71.8 Å². The van der Waals surface area contributed by atoms with Crippen molar-refractivity contribution < 1.29 is 13.3 Å². The molecule has 8 aromatic carbocycles. The Kier molecular flexibility index (Phi) is 6.32. The fourth-order valence-electron chi connectivity index (χ4n) is 8.83. The Morgan fingerprint density at radius 3 is 1.43 bits per heavy atom. The van der Waals surface area contributed by atoms with Crippen LogP contribution in [0.3, 0.4) is 0 Å². The summed E-state index contributed by atoms with van der Waals surface area (Å²) in [5.41, 5.74) is 10.6. The average Bonchev–Trinajstić information content (AvgIpc) is 4.04. The molecule has 0 aliphatic heterocycles. The van der Waals surface area contributed by atoms with E-state index in [9.17, 15) is 0 Å². The van der Waals surface area contributed by atoms with Gasteiger partial charge in [0.05, 0.1) is 22.2 Å². The van der Waals surface area contributed by atoms with Gasteiger partial charge in [0.15, 0.2) is 11.6 Å². The summed E-state index contributed by atoms with van der Waals surface area (Å²) in [6, 6.07) is 58.1. The van der Waals surface area contributed by atoms with E-state index in [0.717, 1.165) is 110 Å². The van der Waals surface area contributed by atoms with Gasteiger partial charge < -0.3 is 13.3 Å². The molecule has 0 N–H and O–H groups in total. The van der Waals surface area contributed by atoms with Crippen molar-refractivity contribution in [2.24, 2.45) is 0 Å². The molecule has 13 rings (SSSR count). The van der Waals surface area contributed by atoms with Crippen LogP contribution in [0.15, 0.2) is 183 Å². The highest BCUT2D eigenvalue weighted by Gasteiger charge is 2.23. The van der Waals surface area contributed by atoms with E-state index in [1.165, 1.54) is 0 Å². The van der Waals surface area contributed by atoms with Crippen LogP contribution in [0.5, 0.6) is 0 Å². The van der Waals surface area contributed by atoms with Gasteiger partial charge in [0, 0.05) is 43.1 Å². The van der Waals surface area contributed by atoms with Crippen LogP contribution in [0.4, 0.5) is 0 Å². The Morgan fingerprint density at radius 2 is 0.793 bits per heavy atom. The van der Waals surface area contributed by atoms with Crippen LogP contribution in [0.25, 0.3) is 127 Å².